The maximum Gasteiger partial charge on any atom is 0.251 e. The van der Waals surface area contributed by atoms with Crippen LogP contribution in [0.3, 0.4) is 0 Å². The van der Waals surface area contributed by atoms with Crippen LogP contribution in [0.25, 0.3) is 22.3 Å². The normalized spacial score (nSPS) is 13.8. The van der Waals surface area contributed by atoms with Gasteiger partial charge < -0.3 is 21.3 Å². The van der Waals surface area contributed by atoms with Gasteiger partial charge in [-0.2, -0.15) is 0 Å². The summed E-state index contributed by atoms with van der Waals surface area (Å²) in [6.07, 6.45) is 3.53. The van der Waals surface area contributed by atoms with Crippen LogP contribution in [0.2, 0.25) is 0 Å². The Labute approximate surface area is 381 Å². The van der Waals surface area contributed by atoms with Crippen molar-refractivity contribution in [3.05, 3.63) is 215 Å². The molecule has 0 unspecified atom stereocenters. The van der Waals surface area contributed by atoms with Gasteiger partial charge >= 0.3 is 0 Å². The van der Waals surface area contributed by atoms with Gasteiger partial charge in [-0.05, 0) is 132 Å². The molecule has 0 atom stereocenters. The van der Waals surface area contributed by atoms with Crippen molar-refractivity contribution in [1.82, 2.24) is 10.6 Å². The Kier molecular flexibility index (Phi) is 13.2. The Bertz CT molecular complexity index is 2800. The van der Waals surface area contributed by atoms with Gasteiger partial charge in [0.15, 0.2) is 0 Å². The molecule has 2 aliphatic carbocycles. The van der Waals surface area contributed by atoms with Crippen molar-refractivity contribution < 1.29 is 19.2 Å². The minimum atomic E-state index is -0.405. The molecule has 4 amide bonds. The van der Waals surface area contributed by atoms with Crippen molar-refractivity contribution in [2.24, 2.45) is 0 Å². The Morgan fingerprint density at radius 1 is 0.462 bits per heavy atom. The first-order valence-corrected chi connectivity index (χ1v) is 22.2. The van der Waals surface area contributed by atoms with Crippen LogP contribution in [-0.2, 0) is 38.3 Å². The third-order valence-corrected chi connectivity index (χ3v) is 12.6. The molecule has 0 bridgehead atoms. The maximum atomic E-state index is 13.2. The average Bonchev–Trinajstić information content (AvgIpc) is 4.29. The summed E-state index contributed by atoms with van der Waals surface area (Å²) in [5.41, 5.74) is 12.3. The Balaban J connectivity index is 0.000000179. The van der Waals surface area contributed by atoms with Crippen LogP contribution < -0.4 is 21.3 Å². The Morgan fingerprint density at radius 2 is 0.846 bits per heavy atom. The lowest BCUT2D eigenvalue weighted by Gasteiger charge is -2.17. The number of hydrogen-bond acceptors (Lipinski definition) is 4. The second-order valence-corrected chi connectivity index (χ2v) is 17.2. The van der Waals surface area contributed by atoms with E-state index in [1.54, 1.807) is 12.1 Å². The van der Waals surface area contributed by atoms with Gasteiger partial charge in [0.1, 0.15) is 0 Å². The van der Waals surface area contributed by atoms with Crippen molar-refractivity contribution in [3.8, 4) is 22.3 Å². The predicted molar refractivity (Wildman–Crippen MR) is 260 cm³/mol. The number of aryl methyl sites for hydroxylation is 2. The number of carbonyl (C=O) groups is 4. The van der Waals surface area contributed by atoms with Crippen LogP contribution >= 0.6 is 0 Å². The molecular weight excluding hydrogens is 805 g/mol. The highest BCUT2D eigenvalue weighted by Gasteiger charge is 2.52. The maximum absolute atomic E-state index is 13.2. The third kappa shape index (κ3) is 10.5. The molecule has 326 valence electrons. The summed E-state index contributed by atoms with van der Waals surface area (Å²) in [7, 11) is 0. The second kappa shape index (κ2) is 19.4. The predicted octanol–water partition coefficient (Wildman–Crippen LogP) is 11.2. The fourth-order valence-electron chi connectivity index (χ4n) is 8.29. The minimum absolute atomic E-state index is 0.0395. The van der Waals surface area contributed by atoms with E-state index in [0.29, 0.717) is 18.7 Å². The zero-order valence-corrected chi connectivity index (χ0v) is 37.1. The summed E-state index contributed by atoms with van der Waals surface area (Å²) in [6.45, 7) is 6.64. The fourth-order valence-corrected chi connectivity index (χ4v) is 8.29. The van der Waals surface area contributed by atoms with Crippen LogP contribution in [0.4, 0.5) is 11.4 Å². The molecule has 0 radical (unpaired) electrons. The third-order valence-electron chi connectivity index (χ3n) is 12.6. The van der Waals surface area contributed by atoms with Gasteiger partial charge in [0.2, 0.25) is 17.7 Å². The monoisotopic (exact) mass is 858 g/mol. The van der Waals surface area contributed by atoms with E-state index in [1.165, 1.54) is 6.92 Å². The molecule has 0 spiro atoms. The molecule has 2 aliphatic rings. The number of benzene rings is 7. The summed E-state index contributed by atoms with van der Waals surface area (Å²) in [5.74, 6) is -0.00244. The number of anilines is 2. The van der Waals surface area contributed by atoms with Gasteiger partial charge in [0, 0.05) is 37.0 Å². The molecule has 2 fully saturated rings. The fraction of sp³-hybridized carbons (Fsp3) is 0.193. The van der Waals surface area contributed by atoms with Crippen molar-refractivity contribution >= 4 is 35.0 Å². The summed E-state index contributed by atoms with van der Waals surface area (Å²) in [4.78, 5) is 49.6. The van der Waals surface area contributed by atoms with Crippen LogP contribution in [0.5, 0.6) is 0 Å². The van der Waals surface area contributed by atoms with Crippen LogP contribution in [0.15, 0.2) is 176 Å². The number of rotatable bonds is 13. The van der Waals surface area contributed by atoms with Gasteiger partial charge in [-0.3, -0.25) is 19.2 Å². The molecule has 8 heteroatoms. The van der Waals surface area contributed by atoms with E-state index < -0.39 is 10.8 Å². The zero-order chi connectivity index (χ0) is 45.4. The van der Waals surface area contributed by atoms with Gasteiger partial charge in [-0.15, -0.1) is 0 Å². The molecule has 2 saturated carbocycles. The molecule has 4 N–H and O–H groups in total. The van der Waals surface area contributed by atoms with E-state index in [-0.39, 0.29) is 23.6 Å². The largest absolute Gasteiger partial charge is 0.352 e. The van der Waals surface area contributed by atoms with Crippen molar-refractivity contribution in [3.63, 3.8) is 0 Å². The molecular formula is C57H54N4O4. The lowest BCUT2D eigenvalue weighted by atomic mass is 9.94. The second-order valence-electron chi connectivity index (χ2n) is 17.2. The molecule has 0 aromatic heterocycles. The number of carbonyl (C=O) groups excluding carboxylic acids is 4. The first-order chi connectivity index (χ1) is 31.5. The summed E-state index contributed by atoms with van der Waals surface area (Å²) in [6, 6.07) is 57.7. The number of nitrogens with one attached hydrogen (secondary N) is 4. The number of amides is 4. The zero-order valence-electron chi connectivity index (χ0n) is 37.1. The highest BCUT2D eigenvalue weighted by Crippen LogP contribution is 2.50. The smallest absolute Gasteiger partial charge is 0.251 e. The summed E-state index contributed by atoms with van der Waals surface area (Å²) < 4.78 is 0. The SMILES string of the molecule is CC(=O)NCc1ccc(-c2cc(NC(=O)C3(c4ccccc4)CC3)ccc2C)cc1.Cc1ccc(NC(=O)C2(c3ccccc3)CC2)cc1-c1ccc(CNC(=O)c2ccccc2)cc1. The minimum Gasteiger partial charge on any atom is -0.352 e. The van der Waals surface area contributed by atoms with Gasteiger partial charge in [0.05, 0.1) is 10.8 Å². The van der Waals surface area contributed by atoms with Crippen molar-refractivity contribution in [1.29, 1.82) is 0 Å². The van der Waals surface area contributed by atoms with E-state index in [2.05, 4.69) is 59.4 Å². The van der Waals surface area contributed by atoms with Crippen LogP contribution in [0, 0.1) is 13.8 Å². The van der Waals surface area contributed by atoms with Gasteiger partial charge in [0.25, 0.3) is 5.91 Å². The van der Waals surface area contributed by atoms with E-state index in [9.17, 15) is 19.2 Å². The first kappa shape index (κ1) is 44.0. The quantitative estimate of drug-likeness (QED) is 0.0924. The van der Waals surface area contributed by atoms with Gasteiger partial charge in [-0.25, -0.2) is 0 Å². The molecule has 7 aromatic carbocycles. The average molecular weight is 859 g/mol. The molecule has 65 heavy (non-hydrogen) atoms. The van der Waals surface area contributed by atoms with Gasteiger partial charge in [-0.1, -0.05) is 140 Å². The van der Waals surface area contributed by atoms with Crippen molar-refractivity contribution in [2.75, 3.05) is 10.6 Å². The lowest BCUT2D eigenvalue weighted by molar-refractivity contribution is -0.119. The van der Waals surface area contributed by atoms with Crippen LogP contribution in [0.1, 0.15) is 76.3 Å². The van der Waals surface area contributed by atoms with E-state index in [0.717, 1.165) is 92.7 Å². The van der Waals surface area contributed by atoms with Crippen LogP contribution in [-0.4, -0.2) is 23.6 Å². The summed E-state index contributed by atoms with van der Waals surface area (Å²) >= 11 is 0. The topological polar surface area (TPSA) is 116 Å². The molecule has 0 saturated heterocycles. The van der Waals surface area contributed by atoms with E-state index in [1.807, 2.05) is 140 Å². The Morgan fingerprint density at radius 3 is 1.23 bits per heavy atom. The van der Waals surface area contributed by atoms with E-state index >= 15 is 0 Å². The number of hydrogen-bond donors (Lipinski definition) is 4. The molecule has 0 aliphatic heterocycles. The molecule has 8 nitrogen and oxygen atoms in total. The van der Waals surface area contributed by atoms with E-state index in [4.69, 9.17) is 0 Å². The standard InChI is InChI=1S/C31H28N2O2.C26H26N2O2/c1-22-12-17-27(33-30(35)31(18-19-31)26-10-6-3-7-11-26)20-28(22)24-15-13-23(14-16-24)21-32-29(34)25-8-4-2-5-9-25;1-18-8-13-23(28-25(30)26(14-15-26)22-6-4-3-5-7-22)16-24(18)21-11-9-20(10-12-21)17-27-19(2)29/h2-17,20H,18-19,21H2,1H3,(H,32,34)(H,33,35);3-13,16H,14-15,17H2,1-2H3,(H,27,29)(H,28,30). The van der Waals surface area contributed by atoms with Crippen molar-refractivity contribution in [2.45, 2.75) is 70.4 Å². The molecule has 0 heterocycles. The molecule has 9 rings (SSSR count). The highest BCUT2D eigenvalue weighted by molar-refractivity contribution is 6.02. The lowest BCUT2D eigenvalue weighted by Crippen LogP contribution is -2.27. The highest BCUT2D eigenvalue weighted by atomic mass is 16.2. The molecule has 7 aromatic rings. The first-order valence-electron chi connectivity index (χ1n) is 22.2. The summed E-state index contributed by atoms with van der Waals surface area (Å²) in [5, 5.41) is 12.1. The Hall–Kier alpha value is -7.58.